The lowest BCUT2D eigenvalue weighted by molar-refractivity contribution is -0.136. The molecule has 5 rings (SSSR count). The average Bonchev–Trinajstić information content (AvgIpc) is 3.63. The first kappa shape index (κ1) is 26.1. The van der Waals surface area contributed by atoms with Gasteiger partial charge in [-0.2, -0.15) is 9.41 Å². The lowest BCUT2D eigenvalue weighted by atomic mass is 10.0. The molecule has 3 aromatic rings. The molecule has 0 saturated carbocycles. The number of amides is 1. The molecule has 1 amide bonds. The Morgan fingerprint density at radius 1 is 1.05 bits per heavy atom. The molecular formula is C26H24ClN3O7S. The van der Waals surface area contributed by atoms with Crippen molar-refractivity contribution in [1.29, 1.82) is 0 Å². The summed E-state index contributed by atoms with van der Waals surface area (Å²) in [6.07, 6.45) is 1.91. The first-order valence-electron chi connectivity index (χ1n) is 11.9. The average molecular weight is 558 g/mol. The van der Waals surface area contributed by atoms with Crippen molar-refractivity contribution in [3.63, 3.8) is 0 Å². The van der Waals surface area contributed by atoms with Crippen LogP contribution in [0.15, 0.2) is 81.3 Å². The van der Waals surface area contributed by atoms with E-state index in [4.69, 9.17) is 25.5 Å². The molecule has 1 fully saturated rings. The smallest absolute Gasteiger partial charge is 0.338 e. The van der Waals surface area contributed by atoms with Crippen LogP contribution in [0.3, 0.4) is 0 Å². The summed E-state index contributed by atoms with van der Waals surface area (Å²) in [5.74, 6) is -0.841. The van der Waals surface area contributed by atoms with Crippen molar-refractivity contribution in [2.24, 2.45) is 5.10 Å². The Hall–Kier alpha value is -3.51. The van der Waals surface area contributed by atoms with Crippen molar-refractivity contribution in [3.05, 3.63) is 88.8 Å². The highest BCUT2D eigenvalue weighted by Gasteiger charge is 2.35. The van der Waals surface area contributed by atoms with Gasteiger partial charge in [-0.15, -0.1) is 0 Å². The van der Waals surface area contributed by atoms with E-state index in [9.17, 15) is 18.0 Å². The maximum atomic E-state index is 13.1. The van der Waals surface area contributed by atoms with E-state index < -0.39 is 34.5 Å². The minimum absolute atomic E-state index is 0.0153. The van der Waals surface area contributed by atoms with Gasteiger partial charge in [0.1, 0.15) is 11.8 Å². The van der Waals surface area contributed by atoms with Crippen LogP contribution >= 0.6 is 11.6 Å². The van der Waals surface area contributed by atoms with Gasteiger partial charge < -0.3 is 13.9 Å². The van der Waals surface area contributed by atoms with Crippen LogP contribution in [0.2, 0.25) is 5.02 Å². The monoisotopic (exact) mass is 557 g/mol. The van der Waals surface area contributed by atoms with Gasteiger partial charge in [0.15, 0.2) is 6.61 Å². The molecule has 12 heteroatoms. The van der Waals surface area contributed by atoms with Crippen LogP contribution in [-0.4, -0.2) is 68.2 Å². The fourth-order valence-electron chi connectivity index (χ4n) is 4.26. The van der Waals surface area contributed by atoms with E-state index in [1.807, 2.05) is 12.1 Å². The normalized spacial score (nSPS) is 18.3. The number of morpholine rings is 1. The summed E-state index contributed by atoms with van der Waals surface area (Å²) in [4.78, 5) is 25.8. The summed E-state index contributed by atoms with van der Waals surface area (Å²) < 4.78 is 43.2. The van der Waals surface area contributed by atoms with E-state index in [-0.39, 0.29) is 23.5 Å². The number of hydrogen-bond acceptors (Lipinski definition) is 8. The van der Waals surface area contributed by atoms with Crippen molar-refractivity contribution in [2.75, 3.05) is 32.9 Å². The molecule has 0 N–H and O–H groups in total. The van der Waals surface area contributed by atoms with Crippen LogP contribution in [0.5, 0.6) is 0 Å². The van der Waals surface area contributed by atoms with Gasteiger partial charge in [-0.25, -0.2) is 18.2 Å². The van der Waals surface area contributed by atoms with E-state index in [0.717, 1.165) is 5.56 Å². The van der Waals surface area contributed by atoms with Crippen LogP contribution in [0.4, 0.5) is 0 Å². The molecule has 0 bridgehead atoms. The lowest BCUT2D eigenvalue weighted by Gasteiger charge is -2.26. The zero-order valence-electron chi connectivity index (χ0n) is 20.2. The van der Waals surface area contributed by atoms with Crippen molar-refractivity contribution >= 4 is 39.2 Å². The van der Waals surface area contributed by atoms with Gasteiger partial charge in [0.2, 0.25) is 10.0 Å². The lowest BCUT2D eigenvalue weighted by Crippen LogP contribution is -2.40. The zero-order valence-corrected chi connectivity index (χ0v) is 21.7. The minimum atomic E-state index is -3.80. The SMILES string of the molecule is O=C(OCC(=O)N1N=C(c2ccc(Cl)cc2)C[C@@H]1c1ccco1)c1cccc(S(=O)(=O)N2CCOCC2)c1. The van der Waals surface area contributed by atoms with E-state index in [1.54, 1.807) is 24.3 Å². The molecule has 1 atom stereocenters. The number of esters is 1. The topological polar surface area (TPSA) is 119 Å². The summed E-state index contributed by atoms with van der Waals surface area (Å²) in [6, 6.07) is 15.6. The number of rotatable bonds is 7. The maximum Gasteiger partial charge on any atom is 0.338 e. The van der Waals surface area contributed by atoms with Crippen molar-refractivity contribution < 1.29 is 31.9 Å². The number of ether oxygens (including phenoxy) is 2. The van der Waals surface area contributed by atoms with Crippen molar-refractivity contribution in [1.82, 2.24) is 9.31 Å². The van der Waals surface area contributed by atoms with Crippen LogP contribution in [0.25, 0.3) is 0 Å². The largest absolute Gasteiger partial charge is 0.467 e. The molecule has 2 aromatic carbocycles. The summed E-state index contributed by atoms with van der Waals surface area (Å²) >= 11 is 5.99. The van der Waals surface area contributed by atoms with Gasteiger partial charge in [0.25, 0.3) is 5.91 Å². The molecule has 0 radical (unpaired) electrons. The van der Waals surface area contributed by atoms with Gasteiger partial charge in [-0.3, -0.25) is 4.79 Å². The van der Waals surface area contributed by atoms with Crippen LogP contribution in [-0.2, 0) is 24.3 Å². The Morgan fingerprint density at radius 2 is 1.82 bits per heavy atom. The van der Waals surface area contributed by atoms with Gasteiger partial charge in [0, 0.05) is 24.5 Å². The van der Waals surface area contributed by atoms with Gasteiger partial charge in [-0.1, -0.05) is 29.8 Å². The molecule has 0 aliphatic carbocycles. The third kappa shape index (κ3) is 5.51. The van der Waals surface area contributed by atoms with Gasteiger partial charge in [0.05, 0.1) is 35.6 Å². The predicted octanol–water partition coefficient (Wildman–Crippen LogP) is 3.49. The third-order valence-electron chi connectivity index (χ3n) is 6.22. The molecule has 38 heavy (non-hydrogen) atoms. The number of benzene rings is 2. The molecule has 198 valence electrons. The fourth-order valence-corrected chi connectivity index (χ4v) is 5.84. The van der Waals surface area contributed by atoms with E-state index in [2.05, 4.69) is 5.10 Å². The van der Waals surface area contributed by atoms with E-state index >= 15 is 0 Å². The van der Waals surface area contributed by atoms with E-state index in [0.29, 0.717) is 36.1 Å². The number of furan rings is 1. The minimum Gasteiger partial charge on any atom is -0.467 e. The first-order chi connectivity index (χ1) is 18.3. The molecule has 1 aromatic heterocycles. The number of hydrazone groups is 1. The second-order valence-electron chi connectivity index (χ2n) is 8.65. The highest BCUT2D eigenvalue weighted by Crippen LogP contribution is 2.33. The first-order valence-corrected chi connectivity index (χ1v) is 13.7. The molecule has 3 heterocycles. The summed E-state index contributed by atoms with van der Waals surface area (Å²) in [5.41, 5.74) is 1.47. The number of halogens is 1. The van der Waals surface area contributed by atoms with Crippen molar-refractivity contribution in [3.8, 4) is 0 Å². The van der Waals surface area contributed by atoms with Gasteiger partial charge in [-0.05, 0) is 48.0 Å². The quantitative estimate of drug-likeness (QED) is 0.408. The molecule has 0 unspecified atom stereocenters. The van der Waals surface area contributed by atoms with Crippen LogP contribution in [0, 0.1) is 0 Å². The molecule has 2 aliphatic heterocycles. The highest BCUT2D eigenvalue weighted by molar-refractivity contribution is 7.89. The summed E-state index contributed by atoms with van der Waals surface area (Å²) in [7, 11) is -3.80. The zero-order chi connectivity index (χ0) is 26.7. The highest BCUT2D eigenvalue weighted by atomic mass is 35.5. The van der Waals surface area contributed by atoms with Crippen LogP contribution in [0.1, 0.15) is 34.1 Å². The number of carbonyl (C=O) groups excluding carboxylic acids is 2. The predicted molar refractivity (Wildman–Crippen MR) is 137 cm³/mol. The van der Waals surface area contributed by atoms with Gasteiger partial charge >= 0.3 is 5.97 Å². The summed E-state index contributed by atoms with van der Waals surface area (Å²) in [5, 5.41) is 6.31. The van der Waals surface area contributed by atoms with Crippen molar-refractivity contribution in [2.45, 2.75) is 17.4 Å². The number of sulfonamides is 1. The van der Waals surface area contributed by atoms with E-state index in [1.165, 1.54) is 39.8 Å². The molecular weight excluding hydrogens is 534 g/mol. The molecule has 1 saturated heterocycles. The summed E-state index contributed by atoms with van der Waals surface area (Å²) in [6.45, 7) is 0.489. The Labute approximate surface area is 224 Å². The maximum absolute atomic E-state index is 13.1. The number of hydrogen-bond donors (Lipinski definition) is 0. The second kappa shape index (κ2) is 11.1. The Balaban J connectivity index is 1.29. The fraction of sp³-hybridized carbons (Fsp3) is 0.269. The molecule has 2 aliphatic rings. The Morgan fingerprint density at radius 3 is 2.53 bits per heavy atom. The molecule has 0 spiro atoms. The number of carbonyl (C=O) groups is 2. The Kier molecular flexibility index (Phi) is 7.61. The standard InChI is InChI=1S/C26H24ClN3O7S/c27-20-8-6-18(7-9-20)22-16-23(24-5-2-12-36-24)30(28-22)25(31)17-37-26(32)19-3-1-4-21(15-19)38(33,34)29-10-13-35-14-11-29/h1-9,12,15,23H,10-11,13-14,16-17H2/t23-/m1/s1. The van der Waals surface area contributed by atoms with Crippen LogP contribution < -0.4 is 0 Å². The number of nitrogens with zero attached hydrogens (tertiary/aromatic N) is 3. The molecule has 10 nitrogen and oxygen atoms in total. The Bertz CT molecular complexity index is 1450. The second-order valence-corrected chi connectivity index (χ2v) is 11.0. The third-order valence-corrected chi connectivity index (χ3v) is 8.37.